The van der Waals surface area contributed by atoms with Gasteiger partial charge in [-0.1, -0.05) is 12.1 Å². The first-order valence-electron chi connectivity index (χ1n) is 10.7. The summed E-state index contributed by atoms with van der Waals surface area (Å²) in [5.74, 6) is -2.02. The van der Waals surface area contributed by atoms with Crippen LogP contribution in [0.4, 0.5) is 27.6 Å². The van der Waals surface area contributed by atoms with E-state index in [1.54, 1.807) is 36.3 Å². The van der Waals surface area contributed by atoms with Crippen LogP contribution < -0.4 is 5.32 Å². The lowest BCUT2D eigenvalue weighted by Crippen LogP contribution is -2.39. The van der Waals surface area contributed by atoms with Crippen LogP contribution in [0.1, 0.15) is 29.9 Å². The van der Waals surface area contributed by atoms with E-state index >= 15 is 0 Å². The molecule has 11 heteroatoms. The maximum atomic E-state index is 13.8. The van der Waals surface area contributed by atoms with Crippen molar-refractivity contribution in [3.8, 4) is 0 Å². The minimum atomic E-state index is -4.83. The molecule has 0 spiro atoms. The lowest BCUT2D eigenvalue weighted by Gasteiger charge is -2.31. The molecule has 5 rings (SSSR count). The van der Waals surface area contributed by atoms with Crippen LogP contribution in [0.15, 0.2) is 60.0 Å². The fourth-order valence-corrected chi connectivity index (χ4v) is 6.73. The topological polar surface area (TPSA) is 50.2 Å². The van der Waals surface area contributed by atoms with Gasteiger partial charge in [-0.2, -0.15) is 13.2 Å². The number of fused-ring (bicyclic) bond motifs is 2. The lowest BCUT2D eigenvalue weighted by molar-refractivity contribution is -0.139. The molecule has 2 bridgehead atoms. The fraction of sp³-hybridized carbons (Fsp3) is 0.348. The Hall–Kier alpha value is -2.79. The number of hydrogen-bond donors (Lipinski definition) is 1. The highest BCUT2D eigenvalue weighted by molar-refractivity contribution is 7.82. The van der Waals surface area contributed by atoms with E-state index < -0.39 is 40.4 Å². The Morgan fingerprint density at radius 3 is 2.41 bits per heavy atom. The van der Waals surface area contributed by atoms with Gasteiger partial charge in [-0.05, 0) is 48.7 Å². The summed E-state index contributed by atoms with van der Waals surface area (Å²) < 4.78 is 84.2. The number of halogens is 5. The Balaban J connectivity index is 1.53. The van der Waals surface area contributed by atoms with Gasteiger partial charge in [0.15, 0.2) is 5.03 Å². The minimum Gasteiger partial charge on any atom is -0.380 e. The summed E-state index contributed by atoms with van der Waals surface area (Å²) in [5, 5.41) is 3.54. The van der Waals surface area contributed by atoms with Crippen LogP contribution >= 0.6 is 0 Å². The van der Waals surface area contributed by atoms with Crippen molar-refractivity contribution >= 4 is 16.7 Å². The molecule has 0 saturated carbocycles. The number of nitrogens with zero attached hydrogens (tertiary/aromatic N) is 3. The molecule has 2 aliphatic heterocycles. The number of imidazole rings is 1. The van der Waals surface area contributed by atoms with Gasteiger partial charge in [-0.3, -0.25) is 0 Å². The lowest BCUT2D eigenvalue weighted by atomic mass is 9.80. The summed E-state index contributed by atoms with van der Waals surface area (Å²) >= 11 is 0. The third-order valence-corrected chi connectivity index (χ3v) is 8.03. The van der Waals surface area contributed by atoms with E-state index in [0.29, 0.717) is 11.4 Å². The molecule has 3 heterocycles. The van der Waals surface area contributed by atoms with Crippen LogP contribution in [-0.4, -0.2) is 36.2 Å². The molecule has 2 aliphatic rings. The van der Waals surface area contributed by atoms with E-state index in [2.05, 4.69) is 10.3 Å². The smallest absolute Gasteiger partial charge is 0.380 e. The van der Waals surface area contributed by atoms with Gasteiger partial charge in [0.05, 0.1) is 17.9 Å². The van der Waals surface area contributed by atoms with Crippen molar-refractivity contribution < 1.29 is 26.2 Å². The Bertz CT molecular complexity index is 1230. The quantitative estimate of drug-likeness (QED) is 0.514. The Labute approximate surface area is 195 Å². The fourth-order valence-electron chi connectivity index (χ4n) is 5.15. The second kappa shape index (κ2) is 8.46. The van der Waals surface area contributed by atoms with E-state index in [9.17, 15) is 26.2 Å². The van der Waals surface area contributed by atoms with Crippen LogP contribution in [-0.2, 0) is 24.2 Å². The van der Waals surface area contributed by atoms with E-state index in [-0.39, 0.29) is 23.7 Å². The van der Waals surface area contributed by atoms with Crippen molar-refractivity contribution in [2.24, 2.45) is 7.05 Å². The molecule has 0 radical (unpaired) electrons. The SMILES string of the molecule is Cn1cnc(S(=O)N2C3CCC2C(c2ccc(F)cc2)C3Nc2ccc(F)c(C(F)(F)F)c2)c1. The number of aryl methyl sites for hydroxylation is 1. The maximum absolute atomic E-state index is 13.8. The van der Waals surface area contributed by atoms with Gasteiger partial charge >= 0.3 is 6.18 Å². The molecular weight excluding hydrogens is 475 g/mol. The van der Waals surface area contributed by atoms with Gasteiger partial charge in [0.25, 0.3) is 0 Å². The molecule has 2 aromatic carbocycles. The minimum absolute atomic E-state index is 0.113. The highest BCUT2D eigenvalue weighted by atomic mass is 32.2. The largest absolute Gasteiger partial charge is 0.419 e. The highest BCUT2D eigenvalue weighted by Crippen LogP contribution is 2.49. The van der Waals surface area contributed by atoms with Crippen molar-refractivity contribution in [1.82, 2.24) is 13.9 Å². The van der Waals surface area contributed by atoms with Crippen LogP contribution in [0.2, 0.25) is 0 Å². The van der Waals surface area contributed by atoms with Crippen molar-refractivity contribution in [3.63, 3.8) is 0 Å². The van der Waals surface area contributed by atoms with E-state index in [4.69, 9.17) is 0 Å². The van der Waals surface area contributed by atoms with Gasteiger partial charge in [0.2, 0.25) is 0 Å². The predicted octanol–water partition coefficient (Wildman–Crippen LogP) is 4.85. The van der Waals surface area contributed by atoms with Crippen LogP contribution in [0.5, 0.6) is 0 Å². The van der Waals surface area contributed by atoms with Crippen molar-refractivity contribution in [2.45, 2.75) is 48.1 Å². The molecule has 0 amide bonds. The van der Waals surface area contributed by atoms with Crippen molar-refractivity contribution in [3.05, 3.63) is 77.8 Å². The van der Waals surface area contributed by atoms with E-state index in [1.807, 2.05) is 4.31 Å². The zero-order valence-corrected chi connectivity index (χ0v) is 18.8. The summed E-state index contributed by atoms with van der Waals surface area (Å²) in [7, 11) is 0.181. The Morgan fingerprint density at radius 2 is 1.76 bits per heavy atom. The normalized spacial score (nSPS) is 25.6. The summed E-state index contributed by atoms with van der Waals surface area (Å²) in [5.41, 5.74) is -0.456. The van der Waals surface area contributed by atoms with Gasteiger partial charge in [0.1, 0.15) is 22.6 Å². The molecule has 2 saturated heterocycles. The van der Waals surface area contributed by atoms with Crippen LogP contribution in [0, 0.1) is 11.6 Å². The number of rotatable bonds is 5. The summed E-state index contributed by atoms with van der Waals surface area (Å²) in [6, 6.07) is 7.85. The first-order chi connectivity index (χ1) is 16.1. The predicted molar refractivity (Wildman–Crippen MR) is 116 cm³/mol. The monoisotopic (exact) mass is 496 g/mol. The van der Waals surface area contributed by atoms with E-state index in [0.717, 1.165) is 24.1 Å². The standard InChI is InChI=1S/C23H21F5N4OS/c1-31-11-20(29-12-31)34(33)32-18-8-9-19(32)22(21(18)13-2-4-14(24)5-3-13)30-15-6-7-17(25)16(10-15)23(26,27)28/h2-7,10-12,18-19,21-22,30H,8-9H2,1H3. The number of aromatic nitrogens is 2. The molecule has 34 heavy (non-hydrogen) atoms. The van der Waals surface area contributed by atoms with Crippen molar-refractivity contribution in [1.29, 1.82) is 0 Å². The number of alkyl halides is 3. The average Bonchev–Trinajstić information content (AvgIpc) is 3.48. The van der Waals surface area contributed by atoms with Gasteiger partial charge in [-0.15, -0.1) is 0 Å². The maximum Gasteiger partial charge on any atom is 0.419 e. The Kier molecular flexibility index (Phi) is 5.71. The molecule has 0 aliphatic carbocycles. The van der Waals surface area contributed by atoms with Crippen molar-refractivity contribution in [2.75, 3.05) is 5.32 Å². The Morgan fingerprint density at radius 1 is 1.06 bits per heavy atom. The second-order valence-corrected chi connectivity index (χ2v) is 9.98. The van der Waals surface area contributed by atoms with E-state index in [1.165, 1.54) is 18.2 Å². The number of anilines is 1. The molecule has 5 nitrogen and oxygen atoms in total. The first kappa shape index (κ1) is 23.0. The zero-order chi connectivity index (χ0) is 24.2. The number of hydrogen-bond acceptors (Lipinski definition) is 3. The second-order valence-electron chi connectivity index (χ2n) is 8.64. The van der Waals surface area contributed by atoms with Crippen LogP contribution in [0.25, 0.3) is 0 Å². The molecule has 1 aromatic heterocycles. The summed E-state index contributed by atoms with van der Waals surface area (Å²) in [6.45, 7) is 0. The third-order valence-electron chi connectivity index (χ3n) is 6.54. The van der Waals surface area contributed by atoms with Crippen LogP contribution in [0.3, 0.4) is 0 Å². The number of nitrogens with one attached hydrogen (secondary N) is 1. The summed E-state index contributed by atoms with van der Waals surface area (Å²) in [4.78, 5) is 4.21. The van der Waals surface area contributed by atoms with Gasteiger partial charge in [0, 0.05) is 36.9 Å². The number of benzene rings is 2. The molecule has 2 fully saturated rings. The van der Waals surface area contributed by atoms with Gasteiger partial charge in [-0.25, -0.2) is 22.3 Å². The molecule has 5 atom stereocenters. The highest BCUT2D eigenvalue weighted by Gasteiger charge is 2.56. The molecule has 5 unspecified atom stereocenters. The molecule has 180 valence electrons. The molecule has 3 aromatic rings. The van der Waals surface area contributed by atoms with Gasteiger partial charge < -0.3 is 9.88 Å². The molecular formula is C23H21F5N4OS. The zero-order valence-electron chi connectivity index (χ0n) is 18.0. The molecule has 1 N–H and O–H groups in total. The third kappa shape index (κ3) is 4.00. The first-order valence-corrected chi connectivity index (χ1v) is 11.8. The summed E-state index contributed by atoms with van der Waals surface area (Å²) in [6.07, 6.45) is -0.222. The average molecular weight is 497 g/mol.